The number of fused-ring (bicyclic) bond motifs is 1. The van der Waals surface area contributed by atoms with Gasteiger partial charge in [-0.1, -0.05) is 6.07 Å². The molecule has 0 radical (unpaired) electrons. The van der Waals surface area contributed by atoms with Gasteiger partial charge in [-0.3, -0.25) is 4.79 Å². The van der Waals surface area contributed by atoms with Crippen LogP contribution >= 0.6 is 0 Å². The minimum atomic E-state index is -1.07. The van der Waals surface area contributed by atoms with E-state index in [1.807, 2.05) is 6.07 Å². The van der Waals surface area contributed by atoms with E-state index in [-0.39, 0.29) is 20.0 Å². The summed E-state index contributed by atoms with van der Waals surface area (Å²) in [6.07, 6.45) is 0. The first-order valence-electron chi connectivity index (χ1n) is 5.11. The van der Waals surface area contributed by atoms with Crippen molar-refractivity contribution in [1.82, 2.24) is 0 Å². The monoisotopic (exact) mass is 239 g/mol. The van der Waals surface area contributed by atoms with E-state index in [1.54, 1.807) is 12.1 Å². The second-order valence-corrected chi connectivity index (χ2v) is 3.65. The summed E-state index contributed by atoms with van der Waals surface area (Å²) in [6.45, 7) is 0.491. The van der Waals surface area contributed by atoms with E-state index in [2.05, 4.69) is 0 Å². The number of hydrogen-bond acceptors (Lipinski definition) is 5. The summed E-state index contributed by atoms with van der Waals surface area (Å²) in [4.78, 5) is 10.5. The molecule has 2 rings (SSSR count). The van der Waals surface area contributed by atoms with Gasteiger partial charge in [0.05, 0.1) is 13.2 Å². The molecule has 0 saturated carbocycles. The fourth-order valence-corrected chi connectivity index (χ4v) is 1.41. The lowest BCUT2D eigenvalue weighted by Gasteiger charge is -2.08. The third kappa shape index (κ3) is 2.86. The number of rotatable bonds is 5. The van der Waals surface area contributed by atoms with Crippen molar-refractivity contribution in [1.29, 1.82) is 0 Å². The molecule has 3 N–H and O–H groups in total. The van der Waals surface area contributed by atoms with Gasteiger partial charge in [0.2, 0.25) is 6.79 Å². The van der Waals surface area contributed by atoms with Crippen LogP contribution in [0.3, 0.4) is 0 Å². The van der Waals surface area contributed by atoms with Gasteiger partial charge < -0.3 is 25.1 Å². The highest BCUT2D eigenvalue weighted by molar-refractivity contribution is 5.73. The molecule has 6 nitrogen and oxygen atoms in total. The van der Waals surface area contributed by atoms with Gasteiger partial charge in [0, 0.05) is 0 Å². The minimum absolute atomic E-state index is 0.0240. The molecule has 0 aromatic heterocycles. The molecular formula is C11H13NO5. The van der Waals surface area contributed by atoms with Gasteiger partial charge in [-0.25, -0.2) is 0 Å². The second kappa shape index (κ2) is 5.03. The maximum atomic E-state index is 10.5. The Hall–Kier alpha value is -1.79. The zero-order valence-corrected chi connectivity index (χ0v) is 9.09. The van der Waals surface area contributed by atoms with E-state index in [9.17, 15) is 4.79 Å². The van der Waals surface area contributed by atoms with E-state index in [0.29, 0.717) is 11.5 Å². The van der Waals surface area contributed by atoms with Crippen LogP contribution in [0.25, 0.3) is 0 Å². The molecule has 1 aliphatic heterocycles. The number of carboxylic acids is 1. The van der Waals surface area contributed by atoms with E-state index in [4.69, 9.17) is 25.1 Å². The summed E-state index contributed by atoms with van der Waals surface area (Å²) in [5.74, 6) is 0.306. The molecule has 0 spiro atoms. The highest BCUT2D eigenvalue weighted by Gasteiger charge is 2.14. The van der Waals surface area contributed by atoms with Crippen LogP contribution in [0.15, 0.2) is 18.2 Å². The zero-order valence-electron chi connectivity index (χ0n) is 9.09. The van der Waals surface area contributed by atoms with Crippen LogP contribution in [0.1, 0.15) is 5.56 Å². The summed E-state index contributed by atoms with van der Waals surface area (Å²) < 4.78 is 15.6. The van der Waals surface area contributed by atoms with Crippen molar-refractivity contribution in [3.63, 3.8) is 0 Å². The SMILES string of the molecule is NC(COCc1ccc2c(c1)OCO2)C(=O)O. The fourth-order valence-electron chi connectivity index (χ4n) is 1.41. The topological polar surface area (TPSA) is 91.0 Å². The summed E-state index contributed by atoms with van der Waals surface area (Å²) >= 11 is 0. The lowest BCUT2D eigenvalue weighted by Crippen LogP contribution is -2.34. The molecule has 1 aliphatic rings. The number of aliphatic carboxylic acids is 1. The largest absolute Gasteiger partial charge is 0.480 e. The van der Waals surface area contributed by atoms with Crippen molar-refractivity contribution in [2.24, 2.45) is 5.73 Å². The Morgan fingerprint density at radius 3 is 3.00 bits per heavy atom. The average Bonchev–Trinajstić information content (AvgIpc) is 2.75. The van der Waals surface area contributed by atoms with E-state index >= 15 is 0 Å². The minimum Gasteiger partial charge on any atom is -0.480 e. The molecule has 1 atom stereocenters. The van der Waals surface area contributed by atoms with Crippen LogP contribution in [0.5, 0.6) is 11.5 Å². The van der Waals surface area contributed by atoms with Gasteiger partial charge in [0.1, 0.15) is 6.04 Å². The summed E-state index contributed by atoms with van der Waals surface area (Å²) in [7, 11) is 0. The van der Waals surface area contributed by atoms with Crippen LogP contribution in [-0.2, 0) is 16.1 Å². The second-order valence-electron chi connectivity index (χ2n) is 3.65. The third-order valence-corrected chi connectivity index (χ3v) is 2.32. The molecule has 0 fully saturated rings. The number of ether oxygens (including phenoxy) is 3. The first-order chi connectivity index (χ1) is 8.16. The van der Waals surface area contributed by atoms with Gasteiger partial charge in [-0.15, -0.1) is 0 Å². The lowest BCUT2D eigenvalue weighted by atomic mass is 10.2. The summed E-state index contributed by atoms with van der Waals surface area (Å²) in [5.41, 5.74) is 6.18. The van der Waals surface area contributed by atoms with Gasteiger partial charge in [0.25, 0.3) is 0 Å². The van der Waals surface area contributed by atoms with Gasteiger partial charge in [-0.05, 0) is 17.7 Å². The zero-order chi connectivity index (χ0) is 12.3. The van der Waals surface area contributed by atoms with Crippen LogP contribution < -0.4 is 15.2 Å². The Morgan fingerprint density at radius 2 is 2.24 bits per heavy atom. The Kier molecular flexibility index (Phi) is 3.46. The first kappa shape index (κ1) is 11.7. The Morgan fingerprint density at radius 1 is 1.47 bits per heavy atom. The van der Waals surface area contributed by atoms with Crippen molar-refractivity contribution < 1.29 is 24.1 Å². The number of nitrogens with two attached hydrogens (primary N) is 1. The Bertz CT molecular complexity index is 420. The molecule has 17 heavy (non-hydrogen) atoms. The van der Waals surface area contributed by atoms with E-state index in [1.165, 1.54) is 0 Å². The fraction of sp³-hybridized carbons (Fsp3) is 0.364. The average molecular weight is 239 g/mol. The molecule has 6 heteroatoms. The molecule has 1 aromatic carbocycles. The molecule has 92 valence electrons. The third-order valence-electron chi connectivity index (χ3n) is 2.32. The predicted molar refractivity (Wildman–Crippen MR) is 57.8 cm³/mol. The molecule has 0 aliphatic carbocycles. The molecular weight excluding hydrogens is 226 g/mol. The highest BCUT2D eigenvalue weighted by atomic mass is 16.7. The quantitative estimate of drug-likeness (QED) is 0.770. The highest BCUT2D eigenvalue weighted by Crippen LogP contribution is 2.32. The number of benzene rings is 1. The van der Waals surface area contributed by atoms with Gasteiger partial charge in [-0.2, -0.15) is 0 Å². The number of carboxylic acid groups (broad SMARTS) is 1. The van der Waals surface area contributed by atoms with Crippen molar-refractivity contribution in [2.75, 3.05) is 13.4 Å². The molecule has 0 bridgehead atoms. The van der Waals surface area contributed by atoms with E-state index < -0.39 is 12.0 Å². The maximum absolute atomic E-state index is 10.5. The smallest absolute Gasteiger partial charge is 0.322 e. The van der Waals surface area contributed by atoms with Crippen molar-refractivity contribution in [3.05, 3.63) is 23.8 Å². The standard InChI is InChI=1S/C11H13NO5/c12-8(11(13)14)5-15-4-7-1-2-9-10(3-7)17-6-16-9/h1-3,8H,4-6,12H2,(H,13,14). The first-order valence-corrected chi connectivity index (χ1v) is 5.11. The van der Waals surface area contributed by atoms with Crippen LogP contribution in [0.4, 0.5) is 0 Å². The number of hydrogen-bond donors (Lipinski definition) is 2. The summed E-state index contributed by atoms with van der Waals surface area (Å²) in [6, 6.07) is 4.43. The van der Waals surface area contributed by atoms with Gasteiger partial charge in [0.15, 0.2) is 11.5 Å². The molecule has 0 amide bonds. The summed E-state index contributed by atoms with van der Waals surface area (Å²) in [5, 5.41) is 8.56. The molecule has 1 heterocycles. The normalized spacial score (nSPS) is 14.6. The Labute approximate surface area is 97.9 Å². The van der Waals surface area contributed by atoms with Crippen molar-refractivity contribution >= 4 is 5.97 Å². The van der Waals surface area contributed by atoms with Crippen LogP contribution in [-0.4, -0.2) is 30.5 Å². The van der Waals surface area contributed by atoms with Crippen molar-refractivity contribution in [2.45, 2.75) is 12.6 Å². The van der Waals surface area contributed by atoms with Gasteiger partial charge >= 0.3 is 5.97 Å². The van der Waals surface area contributed by atoms with Crippen LogP contribution in [0.2, 0.25) is 0 Å². The molecule has 1 unspecified atom stereocenters. The molecule has 0 saturated heterocycles. The van der Waals surface area contributed by atoms with Crippen molar-refractivity contribution in [3.8, 4) is 11.5 Å². The van der Waals surface area contributed by atoms with Crippen LogP contribution in [0, 0.1) is 0 Å². The molecule has 1 aromatic rings. The maximum Gasteiger partial charge on any atom is 0.322 e. The Balaban J connectivity index is 1.85. The predicted octanol–water partition coefficient (Wildman–Crippen LogP) is 0.344. The lowest BCUT2D eigenvalue weighted by molar-refractivity contribution is -0.140. The number of carbonyl (C=O) groups is 1. The van der Waals surface area contributed by atoms with E-state index in [0.717, 1.165) is 5.56 Å².